The number of carbonyl (C=O) groups is 1. The van der Waals surface area contributed by atoms with Crippen LogP contribution in [0.5, 0.6) is 5.88 Å². The minimum atomic E-state index is -5.04. The van der Waals surface area contributed by atoms with Gasteiger partial charge in [-0.15, -0.1) is 0 Å². The number of aryl methyl sites for hydroxylation is 1. The van der Waals surface area contributed by atoms with Crippen LogP contribution in [-0.2, 0) is 28.7 Å². The number of nitrogens with zero attached hydrogens (tertiary/aromatic N) is 4. The summed E-state index contributed by atoms with van der Waals surface area (Å²) in [6, 6.07) is 8.25. The number of alkyl halides is 6. The second kappa shape index (κ2) is 11.6. The van der Waals surface area contributed by atoms with Crippen LogP contribution < -0.4 is 9.64 Å². The molecule has 1 atom stereocenters. The lowest BCUT2D eigenvalue weighted by Gasteiger charge is -2.32. The van der Waals surface area contributed by atoms with Crippen LogP contribution in [0, 0.1) is 12.8 Å². The summed E-state index contributed by atoms with van der Waals surface area (Å²) >= 11 is 0. The van der Waals surface area contributed by atoms with E-state index in [0.717, 1.165) is 5.56 Å². The Bertz CT molecular complexity index is 1650. The normalized spacial score (nSPS) is 19.2. The van der Waals surface area contributed by atoms with E-state index in [1.165, 1.54) is 4.90 Å². The fraction of sp³-hybridized carbons (Fsp3) is 0.414. The molecule has 1 aromatic heterocycles. The number of hydrogen-bond donors (Lipinski definition) is 0. The van der Waals surface area contributed by atoms with Gasteiger partial charge in [0.25, 0.3) is 5.91 Å². The second-order valence-corrected chi connectivity index (χ2v) is 13.3. The number of fused-ring (bicyclic) bond motifs is 1. The van der Waals surface area contributed by atoms with Gasteiger partial charge in [0.1, 0.15) is 5.56 Å². The molecular weight excluding hydrogens is 614 g/mol. The molecule has 2 aliphatic rings. The van der Waals surface area contributed by atoms with Gasteiger partial charge >= 0.3 is 12.4 Å². The van der Waals surface area contributed by atoms with Gasteiger partial charge in [0.2, 0.25) is 11.8 Å². The molecule has 8 nitrogen and oxygen atoms in total. The number of sulfone groups is 1. The van der Waals surface area contributed by atoms with Gasteiger partial charge in [0.15, 0.2) is 9.84 Å². The molecule has 15 heteroatoms. The van der Waals surface area contributed by atoms with Crippen LogP contribution in [0.1, 0.15) is 39.5 Å². The maximum absolute atomic E-state index is 14.2. The molecule has 0 aliphatic carbocycles. The van der Waals surface area contributed by atoms with Crippen molar-refractivity contribution in [2.45, 2.75) is 32.7 Å². The van der Waals surface area contributed by atoms with Gasteiger partial charge in [0.05, 0.1) is 34.9 Å². The highest BCUT2D eigenvalue weighted by molar-refractivity contribution is 7.91. The summed E-state index contributed by atoms with van der Waals surface area (Å²) < 4.78 is 111. The van der Waals surface area contributed by atoms with Gasteiger partial charge < -0.3 is 14.5 Å². The zero-order valence-corrected chi connectivity index (χ0v) is 24.5. The molecule has 3 aromatic rings. The molecule has 3 heterocycles. The highest BCUT2D eigenvalue weighted by Gasteiger charge is 2.38. The van der Waals surface area contributed by atoms with E-state index in [2.05, 4.69) is 9.97 Å². The van der Waals surface area contributed by atoms with Crippen LogP contribution in [-0.4, -0.2) is 66.9 Å². The first-order valence-electron chi connectivity index (χ1n) is 13.7. The fourth-order valence-electron chi connectivity index (χ4n) is 5.17. The van der Waals surface area contributed by atoms with Crippen LogP contribution in [0.15, 0.2) is 42.5 Å². The monoisotopic (exact) mass is 642 g/mol. The van der Waals surface area contributed by atoms with E-state index in [1.54, 1.807) is 43.0 Å². The fourth-order valence-corrected chi connectivity index (χ4v) is 6.37. The van der Waals surface area contributed by atoms with Crippen molar-refractivity contribution in [3.63, 3.8) is 0 Å². The Labute approximate surface area is 249 Å². The van der Waals surface area contributed by atoms with Crippen LogP contribution in [0.2, 0.25) is 0 Å². The van der Waals surface area contributed by atoms with Gasteiger partial charge in [-0.1, -0.05) is 31.2 Å². The van der Waals surface area contributed by atoms with Crippen LogP contribution in [0.25, 0.3) is 11.3 Å². The summed E-state index contributed by atoms with van der Waals surface area (Å²) in [7, 11) is -3.23. The lowest BCUT2D eigenvalue weighted by Crippen LogP contribution is -2.42. The summed E-state index contributed by atoms with van der Waals surface area (Å²) in [6.07, 6.45) is -10.1. The van der Waals surface area contributed by atoms with E-state index in [1.807, 2.05) is 0 Å². The van der Waals surface area contributed by atoms with E-state index < -0.39 is 45.8 Å². The van der Waals surface area contributed by atoms with E-state index in [0.29, 0.717) is 17.7 Å². The average Bonchev–Trinajstić information content (AvgIpc) is 2.93. The minimum absolute atomic E-state index is 0.0329. The molecule has 0 bridgehead atoms. The molecule has 0 radical (unpaired) electrons. The van der Waals surface area contributed by atoms with Crippen molar-refractivity contribution in [2.24, 2.45) is 5.92 Å². The molecule has 0 unspecified atom stereocenters. The molecule has 1 amide bonds. The molecule has 44 heavy (non-hydrogen) atoms. The highest BCUT2D eigenvalue weighted by Crippen LogP contribution is 2.38. The molecule has 236 valence electrons. The summed E-state index contributed by atoms with van der Waals surface area (Å²) in [5.74, 6) is -1.31. The molecule has 2 aliphatic heterocycles. The van der Waals surface area contributed by atoms with Crippen molar-refractivity contribution in [1.82, 2.24) is 14.9 Å². The van der Waals surface area contributed by atoms with E-state index in [-0.39, 0.29) is 78.4 Å². The number of amides is 1. The van der Waals surface area contributed by atoms with Crippen molar-refractivity contribution >= 4 is 21.7 Å². The first kappa shape index (κ1) is 31.5. The lowest BCUT2D eigenvalue weighted by molar-refractivity contribution is -0.143. The predicted molar refractivity (Wildman–Crippen MR) is 149 cm³/mol. The number of carbonyl (C=O) groups excluding carboxylic acids is 1. The number of hydrogen-bond acceptors (Lipinski definition) is 7. The largest absolute Gasteiger partial charge is 0.477 e. The number of ether oxygens (including phenoxy) is 1. The Morgan fingerprint density at radius 2 is 1.57 bits per heavy atom. The maximum atomic E-state index is 14.2. The molecule has 5 rings (SSSR count). The van der Waals surface area contributed by atoms with Gasteiger partial charge in [-0.25, -0.2) is 13.4 Å². The Morgan fingerprint density at radius 3 is 2.16 bits per heavy atom. The Morgan fingerprint density at radius 1 is 0.955 bits per heavy atom. The first-order chi connectivity index (χ1) is 20.5. The average molecular weight is 643 g/mol. The Kier molecular flexibility index (Phi) is 8.29. The third kappa shape index (κ3) is 6.76. The van der Waals surface area contributed by atoms with Crippen LogP contribution in [0.3, 0.4) is 0 Å². The third-order valence-corrected chi connectivity index (χ3v) is 9.06. The minimum Gasteiger partial charge on any atom is -0.477 e. The first-order valence-corrected chi connectivity index (χ1v) is 15.5. The van der Waals surface area contributed by atoms with Crippen molar-refractivity contribution in [2.75, 3.05) is 42.6 Å². The highest BCUT2D eigenvalue weighted by atomic mass is 32.2. The second-order valence-electron chi connectivity index (χ2n) is 11.0. The summed E-state index contributed by atoms with van der Waals surface area (Å²) in [5.41, 5.74) is -1.99. The van der Waals surface area contributed by atoms with E-state index in [4.69, 9.17) is 4.74 Å². The topological polar surface area (TPSA) is 92.7 Å². The smallest absolute Gasteiger partial charge is 0.416 e. The third-order valence-electron chi connectivity index (χ3n) is 7.45. The number of rotatable bonds is 4. The zero-order valence-electron chi connectivity index (χ0n) is 23.7. The molecule has 1 saturated heterocycles. The summed E-state index contributed by atoms with van der Waals surface area (Å²) in [4.78, 5) is 26.2. The van der Waals surface area contributed by atoms with E-state index in [9.17, 15) is 39.6 Å². The maximum Gasteiger partial charge on any atom is 0.416 e. The molecule has 0 saturated carbocycles. The van der Waals surface area contributed by atoms with Crippen molar-refractivity contribution in [3.05, 3.63) is 70.3 Å². The summed E-state index contributed by atoms with van der Waals surface area (Å²) in [6.45, 7) is 3.18. The standard InChI is InChI=1S/C29H28F6N4O4S/c1-17-14-39(15-19-11-20(28(30,31)32)13-21(12-19)29(33,34)35)26(40)23-24(22-6-4-3-5-18(22)2)36-27(37-25(23)43-16-17)38-7-9-44(41,42)10-8-38/h3-6,11-13,17H,7-10,14-16H2,1-2H3/t17-/m0/s1. The van der Waals surface area contributed by atoms with E-state index >= 15 is 0 Å². The summed E-state index contributed by atoms with van der Waals surface area (Å²) in [5, 5.41) is 0. The van der Waals surface area contributed by atoms with Gasteiger partial charge in [-0.05, 0) is 36.2 Å². The van der Waals surface area contributed by atoms with Gasteiger partial charge in [0, 0.05) is 37.7 Å². The van der Waals surface area contributed by atoms with Crippen molar-refractivity contribution < 1.29 is 44.3 Å². The number of benzene rings is 2. The van der Waals surface area contributed by atoms with Crippen LogP contribution in [0.4, 0.5) is 32.3 Å². The Hall–Kier alpha value is -3.88. The van der Waals surface area contributed by atoms with Gasteiger partial charge in [-0.2, -0.15) is 31.3 Å². The zero-order chi connectivity index (χ0) is 32.0. The van der Waals surface area contributed by atoms with Crippen LogP contribution >= 0.6 is 0 Å². The SMILES string of the molecule is Cc1ccccc1-c1nc(N2CCS(=O)(=O)CC2)nc2c1C(=O)N(Cc1cc(C(F)(F)F)cc(C(F)(F)F)c1)C[C@H](C)CO2. The predicted octanol–water partition coefficient (Wildman–Crippen LogP) is 5.40. The lowest BCUT2D eigenvalue weighted by atomic mass is 9.99. The molecule has 0 spiro atoms. The number of halogens is 6. The van der Waals surface area contributed by atoms with Crippen molar-refractivity contribution in [3.8, 4) is 17.1 Å². The molecule has 2 aromatic carbocycles. The van der Waals surface area contributed by atoms with Gasteiger partial charge in [-0.3, -0.25) is 4.79 Å². The van der Waals surface area contributed by atoms with Crippen molar-refractivity contribution in [1.29, 1.82) is 0 Å². The number of aromatic nitrogens is 2. The number of anilines is 1. The molecule has 0 N–H and O–H groups in total. The molecular formula is C29H28F6N4O4S. The Balaban J connectivity index is 1.63. The quantitative estimate of drug-likeness (QED) is 0.352. The molecule has 1 fully saturated rings.